The highest BCUT2D eigenvalue weighted by molar-refractivity contribution is 7.92. The minimum absolute atomic E-state index is 0.00406. The molecule has 0 radical (unpaired) electrons. The summed E-state index contributed by atoms with van der Waals surface area (Å²) >= 11 is 5.89. The molecular formula is C22H26ClN3O5S2. The van der Waals surface area contributed by atoms with Crippen molar-refractivity contribution in [3.8, 4) is 0 Å². The molecule has 1 N–H and O–H groups in total. The van der Waals surface area contributed by atoms with E-state index in [0.717, 1.165) is 5.56 Å². The summed E-state index contributed by atoms with van der Waals surface area (Å²) in [6.45, 7) is 2.48. The van der Waals surface area contributed by atoms with Crippen molar-refractivity contribution in [2.75, 3.05) is 35.0 Å². The number of benzene rings is 2. The van der Waals surface area contributed by atoms with E-state index >= 15 is 0 Å². The van der Waals surface area contributed by atoms with Crippen LogP contribution in [0, 0.1) is 5.92 Å². The van der Waals surface area contributed by atoms with E-state index in [2.05, 4.69) is 5.32 Å². The molecule has 0 saturated carbocycles. The first-order valence-corrected chi connectivity index (χ1v) is 14.2. The van der Waals surface area contributed by atoms with Gasteiger partial charge in [0.1, 0.15) is 0 Å². The summed E-state index contributed by atoms with van der Waals surface area (Å²) in [5.41, 5.74) is 1.89. The average Bonchev–Trinajstić information content (AvgIpc) is 3.23. The third kappa shape index (κ3) is 4.89. The molecule has 0 unspecified atom stereocenters. The number of hydrogen-bond donors (Lipinski definition) is 1. The number of anilines is 2. The van der Waals surface area contributed by atoms with Gasteiger partial charge in [0.15, 0.2) is 0 Å². The molecule has 1 fully saturated rings. The van der Waals surface area contributed by atoms with Crippen molar-refractivity contribution in [3.63, 3.8) is 0 Å². The van der Waals surface area contributed by atoms with Crippen LogP contribution in [0.4, 0.5) is 11.4 Å². The monoisotopic (exact) mass is 511 g/mol. The van der Waals surface area contributed by atoms with Gasteiger partial charge >= 0.3 is 0 Å². The molecule has 0 bridgehead atoms. The van der Waals surface area contributed by atoms with Crippen LogP contribution in [0.25, 0.3) is 0 Å². The first-order valence-electron chi connectivity index (χ1n) is 10.8. The molecule has 2 heterocycles. The molecule has 2 aromatic carbocycles. The molecule has 178 valence electrons. The van der Waals surface area contributed by atoms with Gasteiger partial charge in [-0.05, 0) is 68.1 Å². The van der Waals surface area contributed by atoms with Crippen molar-refractivity contribution in [3.05, 3.63) is 53.1 Å². The van der Waals surface area contributed by atoms with Crippen molar-refractivity contribution in [1.82, 2.24) is 4.31 Å². The molecule has 1 atom stereocenters. The molecule has 2 aliphatic rings. The molecule has 0 spiro atoms. The molecule has 4 rings (SSSR count). The fourth-order valence-electron chi connectivity index (χ4n) is 4.25. The van der Waals surface area contributed by atoms with Gasteiger partial charge in [-0.15, -0.1) is 0 Å². The summed E-state index contributed by atoms with van der Waals surface area (Å²) in [5.74, 6) is -0.720. The van der Waals surface area contributed by atoms with E-state index < -0.39 is 26.0 Å². The van der Waals surface area contributed by atoms with Crippen molar-refractivity contribution >= 4 is 48.9 Å². The molecule has 11 heteroatoms. The Bertz CT molecular complexity index is 1260. The lowest BCUT2D eigenvalue weighted by Crippen LogP contribution is -2.44. The Morgan fingerprint density at radius 2 is 1.82 bits per heavy atom. The van der Waals surface area contributed by atoms with Gasteiger partial charge in [-0.3, -0.25) is 9.10 Å². The highest BCUT2D eigenvalue weighted by Gasteiger charge is 2.33. The van der Waals surface area contributed by atoms with Gasteiger partial charge < -0.3 is 5.32 Å². The third-order valence-corrected chi connectivity index (χ3v) is 10.0. The molecule has 1 saturated heterocycles. The van der Waals surface area contributed by atoms with Gasteiger partial charge in [-0.1, -0.05) is 17.7 Å². The van der Waals surface area contributed by atoms with Crippen LogP contribution in [0.5, 0.6) is 0 Å². The highest BCUT2D eigenvalue weighted by atomic mass is 35.5. The van der Waals surface area contributed by atoms with Crippen LogP contribution in [0.15, 0.2) is 47.4 Å². The predicted octanol–water partition coefficient (Wildman–Crippen LogP) is 3.09. The van der Waals surface area contributed by atoms with Crippen LogP contribution >= 0.6 is 11.6 Å². The van der Waals surface area contributed by atoms with Crippen LogP contribution < -0.4 is 9.62 Å². The van der Waals surface area contributed by atoms with Gasteiger partial charge in [0.25, 0.3) is 10.0 Å². The number of nitrogens with zero attached hydrogens (tertiary/aromatic N) is 2. The van der Waals surface area contributed by atoms with E-state index in [9.17, 15) is 21.6 Å². The van der Waals surface area contributed by atoms with Gasteiger partial charge in [-0.25, -0.2) is 21.1 Å². The molecule has 1 amide bonds. The van der Waals surface area contributed by atoms with E-state index in [1.165, 1.54) is 32.9 Å². The lowest BCUT2D eigenvalue weighted by molar-refractivity contribution is -0.120. The Hall–Kier alpha value is -2.14. The zero-order valence-electron chi connectivity index (χ0n) is 18.2. The van der Waals surface area contributed by atoms with Crippen LogP contribution in [0.3, 0.4) is 0 Å². The van der Waals surface area contributed by atoms with Crippen molar-refractivity contribution < 1.29 is 21.6 Å². The maximum Gasteiger partial charge on any atom is 0.264 e. The van der Waals surface area contributed by atoms with E-state index in [-0.39, 0.29) is 23.1 Å². The highest BCUT2D eigenvalue weighted by Crippen LogP contribution is 2.35. The maximum atomic E-state index is 13.2. The Morgan fingerprint density at radius 1 is 1.09 bits per heavy atom. The number of halogens is 1. The van der Waals surface area contributed by atoms with Crippen molar-refractivity contribution in [2.45, 2.75) is 31.1 Å². The molecule has 2 aliphatic heterocycles. The Kier molecular flexibility index (Phi) is 6.73. The summed E-state index contributed by atoms with van der Waals surface area (Å²) < 4.78 is 53.5. The topological polar surface area (TPSA) is 104 Å². The zero-order valence-corrected chi connectivity index (χ0v) is 20.6. The molecule has 8 nitrogen and oxygen atoms in total. The minimum atomic E-state index is -3.77. The third-order valence-electron chi connectivity index (χ3n) is 6.12. The van der Waals surface area contributed by atoms with E-state index in [4.69, 9.17) is 11.6 Å². The lowest BCUT2D eigenvalue weighted by Gasteiger charge is -2.31. The van der Waals surface area contributed by atoms with Crippen LogP contribution in [0.2, 0.25) is 5.02 Å². The predicted molar refractivity (Wildman–Crippen MR) is 129 cm³/mol. The Labute approximate surface area is 199 Å². The second-order valence-corrected chi connectivity index (χ2v) is 12.8. The Morgan fingerprint density at radius 3 is 2.52 bits per heavy atom. The number of nitrogens with one attached hydrogen (secondary N) is 1. The number of carbonyl (C=O) groups excluding carboxylic acids is 1. The molecular weight excluding hydrogens is 486 g/mol. The summed E-state index contributed by atoms with van der Waals surface area (Å²) in [7, 11) is -7.12. The number of piperidine rings is 1. The van der Waals surface area contributed by atoms with Crippen LogP contribution in [-0.4, -0.2) is 52.4 Å². The standard InChI is InChI=1S/C22H26ClN3O5S2/c1-2-32(28,29)25-12-3-4-17(15-25)22(27)24-19-8-5-16-11-13-26(21(16)14-19)33(30,31)20-9-6-18(23)7-10-20/h5-10,14,17H,2-4,11-13,15H2,1H3,(H,24,27)/t17-/m1/s1. The van der Waals surface area contributed by atoms with Crippen molar-refractivity contribution in [2.24, 2.45) is 5.92 Å². The maximum absolute atomic E-state index is 13.2. The second-order valence-electron chi connectivity index (χ2n) is 8.21. The molecule has 0 aliphatic carbocycles. The van der Waals surface area contributed by atoms with Gasteiger partial charge in [0, 0.05) is 30.3 Å². The van der Waals surface area contributed by atoms with Crippen LogP contribution in [0.1, 0.15) is 25.3 Å². The molecule has 33 heavy (non-hydrogen) atoms. The number of carbonyl (C=O) groups is 1. The SMILES string of the molecule is CCS(=O)(=O)N1CCC[C@@H](C(=O)Nc2ccc3c(c2)N(S(=O)(=O)c2ccc(Cl)cc2)CC3)C1. The number of amides is 1. The average molecular weight is 512 g/mol. The summed E-state index contributed by atoms with van der Waals surface area (Å²) in [4.78, 5) is 13.0. The minimum Gasteiger partial charge on any atom is -0.326 e. The summed E-state index contributed by atoms with van der Waals surface area (Å²) in [6, 6.07) is 11.2. The molecule has 0 aromatic heterocycles. The van der Waals surface area contributed by atoms with Gasteiger partial charge in [0.2, 0.25) is 15.9 Å². The van der Waals surface area contributed by atoms with E-state index in [1.807, 2.05) is 6.07 Å². The fraction of sp³-hybridized carbons (Fsp3) is 0.409. The quantitative estimate of drug-likeness (QED) is 0.641. The summed E-state index contributed by atoms with van der Waals surface area (Å²) in [6.07, 6.45) is 1.79. The van der Waals surface area contributed by atoms with E-state index in [0.29, 0.717) is 48.7 Å². The first kappa shape index (κ1) is 24.0. The normalized spacial score (nSPS) is 19.3. The number of sulfonamides is 2. The van der Waals surface area contributed by atoms with Crippen LogP contribution in [-0.2, 0) is 31.3 Å². The Balaban J connectivity index is 1.53. The summed E-state index contributed by atoms with van der Waals surface area (Å²) in [5, 5.41) is 3.30. The van der Waals surface area contributed by atoms with Gasteiger partial charge in [-0.2, -0.15) is 0 Å². The van der Waals surface area contributed by atoms with Gasteiger partial charge in [0.05, 0.1) is 22.3 Å². The van der Waals surface area contributed by atoms with E-state index in [1.54, 1.807) is 19.1 Å². The first-order chi connectivity index (χ1) is 15.6. The number of rotatable bonds is 6. The smallest absolute Gasteiger partial charge is 0.264 e. The van der Waals surface area contributed by atoms with Crippen molar-refractivity contribution in [1.29, 1.82) is 0 Å². The lowest BCUT2D eigenvalue weighted by atomic mass is 9.98. The zero-order chi connectivity index (χ0) is 23.8. The second kappa shape index (κ2) is 9.25. The largest absolute Gasteiger partial charge is 0.326 e. The number of fused-ring (bicyclic) bond motifs is 1. The molecule has 2 aromatic rings. The number of hydrogen-bond acceptors (Lipinski definition) is 5. The fourth-order valence-corrected chi connectivity index (χ4v) is 7.05.